The minimum absolute atomic E-state index is 0.700. The van der Waals surface area contributed by atoms with Gasteiger partial charge in [0.15, 0.2) is 0 Å². The summed E-state index contributed by atoms with van der Waals surface area (Å²) in [6.45, 7) is 7.36. The number of ether oxygens (including phenoxy) is 1. The molecule has 0 spiro atoms. The van der Waals surface area contributed by atoms with Crippen molar-refractivity contribution in [3.8, 4) is 17.1 Å². The normalized spacial score (nSPS) is 10.8. The van der Waals surface area contributed by atoms with Gasteiger partial charge in [-0.2, -0.15) is 0 Å². The first-order chi connectivity index (χ1) is 11.2. The first-order valence-electron chi connectivity index (χ1n) is 7.83. The summed E-state index contributed by atoms with van der Waals surface area (Å²) in [5.41, 5.74) is 9.56. The molecule has 0 radical (unpaired) electrons. The van der Waals surface area contributed by atoms with Crippen molar-refractivity contribution < 1.29 is 4.74 Å². The van der Waals surface area contributed by atoms with E-state index in [0.29, 0.717) is 13.2 Å². The molecule has 4 nitrogen and oxygen atoms in total. The SMILES string of the molecule is C=CCn1c(-c2ccc(N)cc2)nc2cc(OCCC)ccc21. The number of aromatic nitrogens is 2. The van der Waals surface area contributed by atoms with Crippen molar-refractivity contribution in [1.29, 1.82) is 0 Å². The Kier molecular flexibility index (Phi) is 4.33. The lowest BCUT2D eigenvalue weighted by atomic mass is 10.2. The van der Waals surface area contributed by atoms with Crippen LogP contribution in [-0.2, 0) is 6.54 Å². The molecule has 3 rings (SSSR count). The zero-order valence-electron chi connectivity index (χ0n) is 13.3. The molecule has 1 aromatic heterocycles. The lowest BCUT2D eigenvalue weighted by molar-refractivity contribution is 0.318. The van der Waals surface area contributed by atoms with Crippen molar-refractivity contribution in [2.75, 3.05) is 12.3 Å². The van der Waals surface area contributed by atoms with Crippen molar-refractivity contribution in [2.45, 2.75) is 19.9 Å². The third kappa shape index (κ3) is 3.06. The van der Waals surface area contributed by atoms with Crippen LogP contribution in [0.15, 0.2) is 55.1 Å². The molecule has 2 N–H and O–H groups in total. The van der Waals surface area contributed by atoms with Crippen LogP contribution in [0, 0.1) is 0 Å². The number of nitrogen functional groups attached to an aromatic ring is 1. The Hall–Kier alpha value is -2.75. The molecule has 0 saturated heterocycles. The summed E-state index contributed by atoms with van der Waals surface area (Å²) in [5.74, 6) is 1.76. The molecule has 0 saturated carbocycles. The van der Waals surface area contributed by atoms with Crippen LogP contribution >= 0.6 is 0 Å². The number of fused-ring (bicyclic) bond motifs is 1. The van der Waals surface area contributed by atoms with Gasteiger partial charge in [-0.1, -0.05) is 13.0 Å². The van der Waals surface area contributed by atoms with Crippen molar-refractivity contribution in [3.05, 3.63) is 55.1 Å². The second-order valence-corrected chi connectivity index (χ2v) is 5.46. The Bertz CT molecular complexity index is 818. The van der Waals surface area contributed by atoms with Crippen LogP contribution in [0.25, 0.3) is 22.4 Å². The maximum Gasteiger partial charge on any atom is 0.141 e. The lowest BCUT2D eigenvalue weighted by Gasteiger charge is -2.07. The number of allylic oxidation sites excluding steroid dienone is 1. The standard InChI is InChI=1S/C19H21N3O/c1-3-11-22-18-10-9-16(23-12-4-2)13-17(18)21-19(22)14-5-7-15(20)8-6-14/h3,5-10,13H,1,4,11-12,20H2,2H3. The average Bonchev–Trinajstić information content (AvgIpc) is 2.92. The van der Waals surface area contributed by atoms with E-state index in [1.165, 1.54) is 0 Å². The number of imidazole rings is 1. The van der Waals surface area contributed by atoms with Gasteiger partial charge in [-0.05, 0) is 42.8 Å². The number of nitrogens with zero attached hydrogens (tertiary/aromatic N) is 2. The van der Waals surface area contributed by atoms with E-state index >= 15 is 0 Å². The van der Waals surface area contributed by atoms with Gasteiger partial charge in [0.2, 0.25) is 0 Å². The van der Waals surface area contributed by atoms with Gasteiger partial charge >= 0.3 is 0 Å². The van der Waals surface area contributed by atoms with Gasteiger partial charge in [-0.25, -0.2) is 4.98 Å². The highest BCUT2D eigenvalue weighted by Gasteiger charge is 2.12. The molecule has 0 atom stereocenters. The third-order valence-corrected chi connectivity index (χ3v) is 3.67. The Morgan fingerprint density at radius 1 is 1.22 bits per heavy atom. The number of hydrogen-bond acceptors (Lipinski definition) is 3. The maximum atomic E-state index is 5.78. The Labute approximate surface area is 136 Å². The lowest BCUT2D eigenvalue weighted by Crippen LogP contribution is -1.98. The van der Waals surface area contributed by atoms with Crippen LogP contribution in [0.3, 0.4) is 0 Å². The third-order valence-electron chi connectivity index (χ3n) is 3.67. The summed E-state index contributed by atoms with van der Waals surface area (Å²) in [4.78, 5) is 4.79. The molecule has 4 heteroatoms. The van der Waals surface area contributed by atoms with Crippen LogP contribution in [0.2, 0.25) is 0 Å². The molecule has 0 aliphatic heterocycles. The van der Waals surface area contributed by atoms with E-state index in [-0.39, 0.29) is 0 Å². The molecular weight excluding hydrogens is 286 g/mol. The summed E-state index contributed by atoms with van der Waals surface area (Å²) >= 11 is 0. The molecule has 1 heterocycles. The molecule has 0 fully saturated rings. The fraction of sp³-hybridized carbons (Fsp3) is 0.211. The maximum absolute atomic E-state index is 5.78. The molecule has 0 amide bonds. The minimum atomic E-state index is 0.700. The van der Waals surface area contributed by atoms with E-state index in [9.17, 15) is 0 Å². The molecule has 2 aromatic carbocycles. The van der Waals surface area contributed by atoms with Gasteiger partial charge in [0.1, 0.15) is 11.6 Å². The first-order valence-corrected chi connectivity index (χ1v) is 7.83. The van der Waals surface area contributed by atoms with Crippen molar-refractivity contribution in [1.82, 2.24) is 9.55 Å². The van der Waals surface area contributed by atoms with Gasteiger partial charge in [-0.15, -0.1) is 6.58 Å². The molecular formula is C19H21N3O. The Morgan fingerprint density at radius 3 is 2.70 bits per heavy atom. The number of anilines is 1. The number of hydrogen-bond donors (Lipinski definition) is 1. The quantitative estimate of drug-likeness (QED) is 0.547. The molecule has 23 heavy (non-hydrogen) atoms. The van der Waals surface area contributed by atoms with Crippen molar-refractivity contribution in [2.24, 2.45) is 0 Å². The highest BCUT2D eigenvalue weighted by Crippen LogP contribution is 2.28. The largest absolute Gasteiger partial charge is 0.494 e. The van der Waals surface area contributed by atoms with E-state index in [2.05, 4.69) is 24.1 Å². The highest BCUT2D eigenvalue weighted by molar-refractivity contribution is 5.82. The predicted molar refractivity (Wildman–Crippen MR) is 95.6 cm³/mol. The highest BCUT2D eigenvalue weighted by atomic mass is 16.5. The summed E-state index contributed by atoms with van der Waals surface area (Å²) in [6.07, 6.45) is 2.86. The van der Waals surface area contributed by atoms with Gasteiger partial charge in [0, 0.05) is 23.9 Å². The van der Waals surface area contributed by atoms with E-state index in [1.54, 1.807) is 0 Å². The van der Waals surface area contributed by atoms with E-state index in [1.807, 2.05) is 42.5 Å². The molecule has 118 valence electrons. The molecule has 0 aliphatic carbocycles. The smallest absolute Gasteiger partial charge is 0.141 e. The first kappa shape index (κ1) is 15.2. The van der Waals surface area contributed by atoms with Gasteiger partial charge in [0.25, 0.3) is 0 Å². The summed E-state index contributed by atoms with van der Waals surface area (Å²) in [7, 11) is 0. The van der Waals surface area contributed by atoms with Crippen LogP contribution in [0.1, 0.15) is 13.3 Å². The van der Waals surface area contributed by atoms with E-state index < -0.39 is 0 Å². The number of benzene rings is 2. The second kappa shape index (κ2) is 6.57. The van der Waals surface area contributed by atoms with Crippen LogP contribution in [-0.4, -0.2) is 16.2 Å². The molecule has 0 unspecified atom stereocenters. The van der Waals surface area contributed by atoms with Crippen molar-refractivity contribution in [3.63, 3.8) is 0 Å². The fourth-order valence-electron chi connectivity index (χ4n) is 2.59. The van der Waals surface area contributed by atoms with Gasteiger partial charge in [-0.3, -0.25) is 0 Å². The molecule has 3 aromatic rings. The number of rotatable bonds is 6. The van der Waals surface area contributed by atoms with Gasteiger partial charge in [0.05, 0.1) is 17.6 Å². The van der Waals surface area contributed by atoms with Crippen molar-refractivity contribution >= 4 is 16.7 Å². The van der Waals surface area contributed by atoms with Crippen LogP contribution in [0.5, 0.6) is 5.75 Å². The van der Waals surface area contributed by atoms with E-state index in [0.717, 1.165) is 40.3 Å². The molecule has 0 bridgehead atoms. The zero-order valence-corrected chi connectivity index (χ0v) is 13.3. The summed E-state index contributed by atoms with van der Waals surface area (Å²) in [5, 5.41) is 0. The topological polar surface area (TPSA) is 53.1 Å². The number of nitrogens with two attached hydrogens (primary N) is 1. The Morgan fingerprint density at radius 2 is 2.00 bits per heavy atom. The summed E-state index contributed by atoms with van der Waals surface area (Å²) in [6, 6.07) is 13.8. The molecule has 0 aliphatic rings. The Balaban J connectivity index is 2.10. The van der Waals surface area contributed by atoms with Gasteiger partial charge < -0.3 is 15.0 Å². The zero-order chi connectivity index (χ0) is 16.2. The average molecular weight is 307 g/mol. The fourth-order valence-corrected chi connectivity index (χ4v) is 2.59. The second-order valence-electron chi connectivity index (χ2n) is 5.46. The van der Waals surface area contributed by atoms with Crippen LogP contribution < -0.4 is 10.5 Å². The summed E-state index contributed by atoms with van der Waals surface area (Å²) < 4.78 is 7.86. The minimum Gasteiger partial charge on any atom is -0.494 e. The predicted octanol–water partition coefficient (Wildman–Crippen LogP) is 4.26. The monoisotopic (exact) mass is 307 g/mol. The van der Waals surface area contributed by atoms with E-state index in [4.69, 9.17) is 15.5 Å². The van der Waals surface area contributed by atoms with Crippen LogP contribution in [0.4, 0.5) is 5.69 Å².